The summed E-state index contributed by atoms with van der Waals surface area (Å²) in [4.78, 5) is 4.37. The number of hydrogen-bond acceptors (Lipinski definition) is 2. The Kier molecular flexibility index (Phi) is 4.10. The Morgan fingerprint density at radius 3 is 2.50 bits per heavy atom. The Balaban J connectivity index is 0.000000574. The van der Waals surface area contributed by atoms with E-state index in [2.05, 4.69) is 38.1 Å². The van der Waals surface area contributed by atoms with E-state index < -0.39 is 0 Å². The van der Waals surface area contributed by atoms with Crippen molar-refractivity contribution in [2.75, 3.05) is 0 Å². The van der Waals surface area contributed by atoms with Gasteiger partial charge in [0.25, 0.3) is 0 Å². The molecule has 2 heterocycles. The maximum Gasteiger partial charge on any atom is 0.162 e. The molecule has 0 aliphatic carbocycles. The van der Waals surface area contributed by atoms with Crippen molar-refractivity contribution in [1.29, 1.82) is 0 Å². The molecule has 0 radical (unpaired) electrons. The molecule has 0 fully saturated rings. The maximum atomic E-state index is 4.37. The van der Waals surface area contributed by atoms with E-state index in [1.54, 1.807) is 10.7 Å². The highest BCUT2D eigenvalue weighted by molar-refractivity contribution is 9.10. The topological polar surface area (TPSA) is 30.2 Å². The van der Waals surface area contributed by atoms with Gasteiger partial charge in [0.05, 0.1) is 10.7 Å². The highest BCUT2D eigenvalue weighted by atomic mass is 79.9. The SMILES string of the molecule is Brc1cnc2c(-c3ccccc3)cnn2c1.CC. The minimum Gasteiger partial charge on any atom is -0.235 e. The number of nitrogens with zero attached hydrogens (tertiary/aromatic N) is 3. The zero-order valence-electron chi connectivity index (χ0n) is 10.3. The Bertz CT molecular complexity index is 632. The van der Waals surface area contributed by atoms with Gasteiger partial charge in [-0.1, -0.05) is 44.2 Å². The molecule has 0 aliphatic heterocycles. The normalized spacial score (nSPS) is 9.94. The fraction of sp³-hybridized carbons (Fsp3) is 0.143. The quantitative estimate of drug-likeness (QED) is 0.675. The van der Waals surface area contributed by atoms with Crippen molar-refractivity contribution in [2.45, 2.75) is 13.8 Å². The van der Waals surface area contributed by atoms with Gasteiger partial charge in [-0.3, -0.25) is 0 Å². The van der Waals surface area contributed by atoms with Crippen LogP contribution in [0.5, 0.6) is 0 Å². The Labute approximate surface area is 115 Å². The van der Waals surface area contributed by atoms with Crippen molar-refractivity contribution in [1.82, 2.24) is 14.6 Å². The molecule has 4 heteroatoms. The van der Waals surface area contributed by atoms with E-state index >= 15 is 0 Å². The van der Waals surface area contributed by atoms with Crippen LogP contribution in [0, 0.1) is 0 Å². The number of halogens is 1. The molecule has 3 aromatic rings. The summed E-state index contributed by atoms with van der Waals surface area (Å²) >= 11 is 3.37. The van der Waals surface area contributed by atoms with E-state index in [-0.39, 0.29) is 0 Å². The second kappa shape index (κ2) is 5.78. The molecule has 0 saturated heterocycles. The standard InChI is InChI=1S/C12H8BrN3.C2H6/c13-10-6-14-12-11(7-15-16(12)8-10)9-4-2-1-3-5-9;1-2/h1-8H;1-2H3. The van der Waals surface area contributed by atoms with Gasteiger partial charge in [-0.15, -0.1) is 0 Å². The molecule has 92 valence electrons. The molecule has 0 amide bonds. The second-order valence-corrected chi connectivity index (χ2v) is 4.38. The van der Waals surface area contributed by atoms with Crippen LogP contribution in [0.1, 0.15) is 13.8 Å². The molecule has 0 atom stereocenters. The number of fused-ring (bicyclic) bond motifs is 1. The summed E-state index contributed by atoms with van der Waals surface area (Å²) in [6.07, 6.45) is 5.52. The average molecular weight is 304 g/mol. The van der Waals surface area contributed by atoms with Crippen LogP contribution in [0.25, 0.3) is 16.8 Å². The first-order valence-electron chi connectivity index (χ1n) is 5.89. The molecular formula is C14H14BrN3. The third-order valence-corrected chi connectivity index (χ3v) is 2.82. The van der Waals surface area contributed by atoms with Crippen molar-refractivity contribution < 1.29 is 0 Å². The van der Waals surface area contributed by atoms with Gasteiger partial charge in [-0.05, 0) is 21.5 Å². The maximum absolute atomic E-state index is 4.37. The number of benzene rings is 1. The van der Waals surface area contributed by atoms with Crippen LogP contribution in [0.3, 0.4) is 0 Å². The second-order valence-electron chi connectivity index (χ2n) is 3.46. The van der Waals surface area contributed by atoms with Crippen LogP contribution < -0.4 is 0 Å². The van der Waals surface area contributed by atoms with E-state index in [9.17, 15) is 0 Å². The molecule has 0 unspecified atom stereocenters. The molecule has 3 rings (SSSR count). The minimum absolute atomic E-state index is 0.870. The van der Waals surface area contributed by atoms with E-state index in [0.29, 0.717) is 0 Å². The first-order valence-corrected chi connectivity index (χ1v) is 6.68. The third kappa shape index (κ3) is 2.43. The fourth-order valence-electron chi connectivity index (χ4n) is 1.67. The van der Waals surface area contributed by atoms with Gasteiger partial charge in [0, 0.05) is 18.0 Å². The van der Waals surface area contributed by atoms with Gasteiger partial charge in [0.2, 0.25) is 0 Å². The van der Waals surface area contributed by atoms with Crippen LogP contribution in [-0.4, -0.2) is 14.6 Å². The van der Waals surface area contributed by atoms with Gasteiger partial charge >= 0.3 is 0 Å². The Morgan fingerprint density at radius 2 is 1.78 bits per heavy atom. The van der Waals surface area contributed by atoms with E-state index in [4.69, 9.17) is 0 Å². The van der Waals surface area contributed by atoms with Crippen molar-refractivity contribution in [3.8, 4) is 11.1 Å². The number of rotatable bonds is 1. The lowest BCUT2D eigenvalue weighted by atomic mass is 10.1. The van der Waals surface area contributed by atoms with Crippen LogP contribution in [0.2, 0.25) is 0 Å². The van der Waals surface area contributed by atoms with Crippen molar-refractivity contribution >= 4 is 21.6 Å². The summed E-state index contributed by atoms with van der Waals surface area (Å²) in [5.74, 6) is 0. The zero-order chi connectivity index (χ0) is 13.0. The van der Waals surface area contributed by atoms with Gasteiger partial charge in [-0.25, -0.2) is 9.50 Å². The Morgan fingerprint density at radius 1 is 1.06 bits per heavy atom. The zero-order valence-corrected chi connectivity index (χ0v) is 11.9. The first-order chi connectivity index (χ1) is 8.84. The Hall–Kier alpha value is -1.68. The summed E-state index contributed by atoms with van der Waals surface area (Å²) in [5.41, 5.74) is 3.05. The van der Waals surface area contributed by atoms with Gasteiger partial charge in [-0.2, -0.15) is 5.10 Å². The van der Waals surface area contributed by atoms with Crippen LogP contribution in [0.15, 0.2) is 53.4 Å². The predicted molar refractivity (Wildman–Crippen MR) is 77.5 cm³/mol. The van der Waals surface area contributed by atoms with E-state index in [0.717, 1.165) is 21.2 Å². The monoisotopic (exact) mass is 303 g/mol. The smallest absolute Gasteiger partial charge is 0.162 e. The van der Waals surface area contributed by atoms with Crippen LogP contribution in [0.4, 0.5) is 0 Å². The molecule has 2 aromatic heterocycles. The summed E-state index contributed by atoms with van der Waals surface area (Å²) in [6.45, 7) is 4.00. The average Bonchev–Trinajstić information content (AvgIpc) is 2.85. The summed E-state index contributed by atoms with van der Waals surface area (Å²) in [6, 6.07) is 10.1. The predicted octanol–water partition coefficient (Wildman–Crippen LogP) is 4.19. The molecule has 0 N–H and O–H groups in total. The highest BCUT2D eigenvalue weighted by Crippen LogP contribution is 2.23. The third-order valence-electron chi connectivity index (χ3n) is 2.41. The van der Waals surface area contributed by atoms with Crippen LogP contribution >= 0.6 is 15.9 Å². The molecular weight excluding hydrogens is 290 g/mol. The first kappa shape index (κ1) is 12.8. The lowest BCUT2D eigenvalue weighted by Gasteiger charge is -1.98. The lowest BCUT2D eigenvalue weighted by Crippen LogP contribution is -1.89. The molecule has 0 saturated carbocycles. The number of aromatic nitrogens is 3. The van der Waals surface area contributed by atoms with Crippen LogP contribution in [-0.2, 0) is 0 Å². The largest absolute Gasteiger partial charge is 0.235 e. The molecule has 3 nitrogen and oxygen atoms in total. The molecule has 0 bridgehead atoms. The van der Waals surface area contributed by atoms with Gasteiger partial charge < -0.3 is 0 Å². The van der Waals surface area contributed by atoms with Crippen molar-refractivity contribution in [3.63, 3.8) is 0 Å². The van der Waals surface area contributed by atoms with E-state index in [1.807, 2.05) is 44.4 Å². The molecule has 1 aromatic carbocycles. The summed E-state index contributed by atoms with van der Waals surface area (Å²) < 4.78 is 2.69. The molecule has 0 aliphatic rings. The molecule has 0 spiro atoms. The van der Waals surface area contributed by atoms with E-state index in [1.165, 1.54) is 0 Å². The highest BCUT2D eigenvalue weighted by Gasteiger charge is 2.06. The fourth-order valence-corrected chi connectivity index (χ4v) is 1.97. The molecule has 18 heavy (non-hydrogen) atoms. The minimum atomic E-state index is 0.870. The van der Waals surface area contributed by atoms with Crippen molar-refractivity contribution in [3.05, 3.63) is 53.4 Å². The summed E-state index contributed by atoms with van der Waals surface area (Å²) in [7, 11) is 0. The van der Waals surface area contributed by atoms with Crippen molar-refractivity contribution in [2.24, 2.45) is 0 Å². The van der Waals surface area contributed by atoms with Gasteiger partial charge in [0.1, 0.15) is 0 Å². The van der Waals surface area contributed by atoms with Gasteiger partial charge in [0.15, 0.2) is 5.65 Å². The summed E-state index contributed by atoms with van der Waals surface area (Å²) in [5, 5.41) is 4.28. The lowest BCUT2D eigenvalue weighted by molar-refractivity contribution is 0.933. The number of hydrogen-bond donors (Lipinski definition) is 0.